The molecule has 0 bridgehead atoms. The fourth-order valence-electron chi connectivity index (χ4n) is 2.25. The largest absolute Gasteiger partial charge is 0.371 e. The molecule has 3 nitrogen and oxygen atoms in total. The molecule has 1 aromatic rings. The molecule has 1 aliphatic heterocycles. The van der Waals surface area contributed by atoms with Crippen LogP contribution in [-0.2, 0) is 11.2 Å². The zero-order valence-corrected chi connectivity index (χ0v) is 10.8. The van der Waals surface area contributed by atoms with Crippen LogP contribution in [0.5, 0.6) is 0 Å². The maximum Gasteiger partial charge on any atom is 0.0707 e. The second-order valence-electron chi connectivity index (χ2n) is 5.31. The van der Waals surface area contributed by atoms with Gasteiger partial charge in [-0.05, 0) is 38.8 Å². The van der Waals surface area contributed by atoms with Crippen LogP contribution < -0.4 is 5.32 Å². The predicted molar refractivity (Wildman–Crippen MR) is 69.0 cm³/mol. The normalized spacial score (nSPS) is 22.8. The summed E-state index contributed by atoms with van der Waals surface area (Å²) in [6, 6.07) is 6.05. The first kappa shape index (κ1) is 12.5. The number of nitrogens with zero attached hydrogens (tertiary/aromatic N) is 1. The van der Waals surface area contributed by atoms with Gasteiger partial charge < -0.3 is 10.1 Å². The van der Waals surface area contributed by atoms with Gasteiger partial charge in [-0.3, -0.25) is 4.98 Å². The Morgan fingerprint density at radius 3 is 3.00 bits per heavy atom. The fourth-order valence-corrected chi connectivity index (χ4v) is 2.25. The summed E-state index contributed by atoms with van der Waals surface area (Å²) in [6.45, 7) is 6.26. The summed E-state index contributed by atoms with van der Waals surface area (Å²) in [6.07, 6.45) is 5.55. The van der Waals surface area contributed by atoms with Crippen LogP contribution in [0.3, 0.4) is 0 Å². The Morgan fingerprint density at radius 1 is 1.47 bits per heavy atom. The van der Waals surface area contributed by atoms with Gasteiger partial charge in [0.1, 0.15) is 0 Å². The van der Waals surface area contributed by atoms with Gasteiger partial charge in [-0.25, -0.2) is 0 Å². The first-order valence-electron chi connectivity index (χ1n) is 6.44. The maximum absolute atomic E-state index is 5.92. The van der Waals surface area contributed by atoms with Crippen LogP contribution in [0.4, 0.5) is 0 Å². The Morgan fingerprint density at radius 2 is 2.35 bits per heavy atom. The summed E-state index contributed by atoms with van der Waals surface area (Å²) in [5.41, 5.74) is 1.22. The van der Waals surface area contributed by atoms with Crippen LogP contribution in [0.15, 0.2) is 24.4 Å². The van der Waals surface area contributed by atoms with Crippen LogP contribution >= 0.6 is 0 Å². The molecular weight excluding hydrogens is 212 g/mol. The van der Waals surface area contributed by atoms with E-state index >= 15 is 0 Å². The molecule has 0 aliphatic carbocycles. The Labute approximate surface area is 104 Å². The van der Waals surface area contributed by atoms with Gasteiger partial charge in [-0.1, -0.05) is 6.07 Å². The lowest BCUT2D eigenvalue weighted by molar-refractivity contribution is -0.0140. The summed E-state index contributed by atoms with van der Waals surface area (Å²) >= 11 is 0. The Balaban J connectivity index is 1.61. The monoisotopic (exact) mass is 234 g/mol. The Hall–Kier alpha value is -0.930. The molecule has 1 fully saturated rings. The van der Waals surface area contributed by atoms with E-state index in [9.17, 15) is 0 Å². The lowest BCUT2D eigenvalue weighted by atomic mass is 10.1. The summed E-state index contributed by atoms with van der Waals surface area (Å²) in [5, 5.41) is 3.45. The number of nitrogens with one attached hydrogen (secondary N) is 1. The molecule has 1 N–H and O–H groups in total. The molecule has 1 unspecified atom stereocenters. The molecule has 1 atom stereocenters. The average Bonchev–Trinajstić information content (AvgIpc) is 2.66. The number of hydrogen-bond acceptors (Lipinski definition) is 3. The summed E-state index contributed by atoms with van der Waals surface area (Å²) < 4.78 is 5.92. The minimum absolute atomic E-state index is 0.0767. The smallest absolute Gasteiger partial charge is 0.0707 e. The number of ether oxygens (including phenoxy) is 1. The topological polar surface area (TPSA) is 34.2 Å². The average molecular weight is 234 g/mol. The Kier molecular flexibility index (Phi) is 4.13. The highest BCUT2D eigenvalue weighted by Gasteiger charge is 2.30. The van der Waals surface area contributed by atoms with E-state index in [1.807, 2.05) is 18.3 Å². The van der Waals surface area contributed by atoms with Gasteiger partial charge in [-0.15, -0.1) is 0 Å². The number of hydrogen-bond donors (Lipinski definition) is 1. The molecule has 1 saturated heterocycles. The molecule has 0 radical (unpaired) electrons. The van der Waals surface area contributed by atoms with Crippen molar-refractivity contribution in [3.63, 3.8) is 0 Å². The lowest BCUT2D eigenvalue weighted by Gasteiger charge is -2.19. The van der Waals surface area contributed by atoms with Crippen molar-refractivity contribution in [1.82, 2.24) is 10.3 Å². The van der Waals surface area contributed by atoms with Crippen molar-refractivity contribution >= 4 is 0 Å². The van der Waals surface area contributed by atoms with Gasteiger partial charge in [0.25, 0.3) is 0 Å². The first-order chi connectivity index (χ1) is 8.16. The van der Waals surface area contributed by atoms with Gasteiger partial charge in [0.2, 0.25) is 0 Å². The lowest BCUT2D eigenvalue weighted by Crippen LogP contribution is -2.30. The van der Waals surface area contributed by atoms with Gasteiger partial charge in [0.05, 0.1) is 11.7 Å². The molecule has 3 heteroatoms. The van der Waals surface area contributed by atoms with Crippen molar-refractivity contribution in [2.24, 2.45) is 0 Å². The number of pyridine rings is 1. The van der Waals surface area contributed by atoms with E-state index in [2.05, 4.69) is 30.2 Å². The standard InChI is InChI=1S/C14H22N2O/c1-14(2)8-6-13(17-14)11-15-10-7-12-5-3-4-9-16-12/h3-5,9,13,15H,6-8,10-11H2,1-2H3. The fraction of sp³-hybridized carbons (Fsp3) is 0.643. The van der Waals surface area contributed by atoms with E-state index in [0.717, 1.165) is 25.2 Å². The minimum atomic E-state index is 0.0767. The van der Waals surface area contributed by atoms with Gasteiger partial charge in [-0.2, -0.15) is 0 Å². The van der Waals surface area contributed by atoms with E-state index in [-0.39, 0.29) is 5.60 Å². The van der Waals surface area contributed by atoms with Crippen molar-refractivity contribution < 1.29 is 4.74 Å². The van der Waals surface area contributed by atoms with Crippen LogP contribution in [0, 0.1) is 0 Å². The highest BCUT2D eigenvalue weighted by Crippen LogP contribution is 2.28. The van der Waals surface area contributed by atoms with Crippen molar-refractivity contribution in [3.8, 4) is 0 Å². The van der Waals surface area contributed by atoms with Crippen LogP contribution in [0.25, 0.3) is 0 Å². The first-order valence-corrected chi connectivity index (χ1v) is 6.44. The number of rotatable bonds is 5. The molecule has 0 saturated carbocycles. The second-order valence-corrected chi connectivity index (χ2v) is 5.31. The molecule has 1 aliphatic rings. The van der Waals surface area contributed by atoms with Crippen LogP contribution in [0.1, 0.15) is 32.4 Å². The zero-order valence-electron chi connectivity index (χ0n) is 10.8. The van der Waals surface area contributed by atoms with Gasteiger partial charge in [0.15, 0.2) is 0 Å². The molecular formula is C14H22N2O. The second kappa shape index (κ2) is 5.61. The molecule has 1 aromatic heterocycles. The molecule has 0 amide bonds. The SMILES string of the molecule is CC1(C)CCC(CNCCc2ccccn2)O1. The van der Waals surface area contributed by atoms with Gasteiger partial charge in [0, 0.05) is 31.4 Å². The third-order valence-corrected chi connectivity index (χ3v) is 3.21. The van der Waals surface area contributed by atoms with Crippen molar-refractivity contribution in [2.45, 2.75) is 44.8 Å². The maximum atomic E-state index is 5.92. The van der Waals surface area contributed by atoms with Crippen molar-refractivity contribution in [2.75, 3.05) is 13.1 Å². The summed E-state index contributed by atoms with van der Waals surface area (Å²) in [5.74, 6) is 0. The quantitative estimate of drug-likeness (QED) is 0.793. The Bertz CT molecular complexity index is 337. The summed E-state index contributed by atoms with van der Waals surface area (Å²) in [7, 11) is 0. The third-order valence-electron chi connectivity index (χ3n) is 3.21. The van der Waals surface area contributed by atoms with E-state index < -0.39 is 0 Å². The molecule has 2 rings (SSSR count). The molecule has 17 heavy (non-hydrogen) atoms. The zero-order chi connectivity index (χ0) is 12.1. The highest BCUT2D eigenvalue weighted by atomic mass is 16.5. The predicted octanol–water partition coefficient (Wildman–Crippen LogP) is 2.17. The minimum Gasteiger partial charge on any atom is -0.371 e. The molecule has 94 valence electrons. The molecule has 2 heterocycles. The van der Waals surface area contributed by atoms with E-state index in [1.165, 1.54) is 12.8 Å². The van der Waals surface area contributed by atoms with Crippen molar-refractivity contribution in [3.05, 3.63) is 30.1 Å². The molecule has 0 aromatic carbocycles. The molecule has 0 spiro atoms. The van der Waals surface area contributed by atoms with E-state index in [0.29, 0.717) is 6.10 Å². The third kappa shape index (κ3) is 4.10. The van der Waals surface area contributed by atoms with Crippen molar-refractivity contribution in [1.29, 1.82) is 0 Å². The highest BCUT2D eigenvalue weighted by molar-refractivity contribution is 5.03. The van der Waals surface area contributed by atoms with E-state index in [4.69, 9.17) is 4.74 Å². The van der Waals surface area contributed by atoms with Gasteiger partial charge >= 0.3 is 0 Å². The van der Waals surface area contributed by atoms with Crippen LogP contribution in [0.2, 0.25) is 0 Å². The van der Waals surface area contributed by atoms with Crippen LogP contribution in [-0.4, -0.2) is 29.8 Å². The number of aromatic nitrogens is 1. The van der Waals surface area contributed by atoms with E-state index in [1.54, 1.807) is 0 Å². The summed E-state index contributed by atoms with van der Waals surface area (Å²) in [4.78, 5) is 4.30.